The van der Waals surface area contributed by atoms with Gasteiger partial charge in [0.1, 0.15) is 12.0 Å². The number of pyridine rings is 1. The lowest BCUT2D eigenvalue weighted by Crippen LogP contribution is -2.40. The number of nitrogens with zero attached hydrogens (tertiary/aromatic N) is 2. The van der Waals surface area contributed by atoms with Crippen LogP contribution < -0.4 is 10.6 Å². The number of likely N-dealkylation sites (N-methyl/N-ethyl adjacent to an activating group) is 1. The molecule has 1 rings (SSSR count). The van der Waals surface area contributed by atoms with E-state index in [4.69, 9.17) is 0 Å². The number of nitro groups is 1. The Morgan fingerprint density at radius 1 is 1.50 bits per heavy atom. The summed E-state index contributed by atoms with van der Waals surface area (Å²) in [5, 5.41) is 16.7. The van der Waals surface area contributed by atoms with Gasteiger partial charge in [0.2, 0.25) is 0 Å². The van der Waals surface area contributed by atoms with E-state index in [2.05, 4.69) is 15.6 Å². The van der Waals surface area contributed by atoms with Crippen LogP contribution in [-0.4, -0.2) is 29.0 Å². The minimum Gasteiger partial charge on any atom is -0.364 e. The molecule has 1 heterocycles. The van der Waals surface area contributed by atoms with E-state index >= 15 is 0 Å². The second kappa shape index (κ2) is 4.89. The molecule has 0 aliphatic carbocycles. The van der Waals surface area contributed by atoms with Crippen LogP contribution in [0.2, 0.25) is 0 Å². The molecule has 0 aromatic carbocycles. The number of rotatable bonds is 5. The quantitative estimate of drug-likeness (QED) is 0.583. The summed E-state index contributed by atoms with van der Waals surface area (Å²) in [6, 6.07) is 3.04. The van der Waals surface area contributed by atoms with Crippen LogP contribution in [0.3, 0.4) is 0 Å². The first-order valence-electron chi connectivity index (χ1n) is 4.98. The third-order valence-electron chi connectivity index (χ3n) is 2.04. The van der Waals surface area contributed by atoms with Crippen molar-refractivity contribution in [1.82, 2.24) is 10.3 Å². The van der Waals surface area contributed by atoms with Crippen molar-refractivity contribution in [3.05, 3.63) is 28.4 Å². The zero-order valence-corrected chi connectivity index (χ0v) is 9.65. The van der Waals surface area contributed by atoms with Crippen LogP contribution in [0.15, 0.2) is 18.3 Å². The Morgan fingerprint density at radius 2 is 2.19 bits per heavy atom. The lowest BCUT2D eigenvalue weighted by molar-refractivity contribution is -0.385. The monoisotopic (exact) mass is 224 g/mol. The lowest BCUT2D eigenvalue weighted by atomic mass is 10.1. The van der Waals surface area contributed by atoms with Gasteiger partial charge in [0, 0.05) is 18.2 Å². The zero-order chi connectivity index (χ0) is 12.2. The summed E-state index contributed by atoms with van der Waals surface area (Å²) in [5.74, 6) is 0.630. The Morgan fingerprint density at radius 3 is 2.62 bits per heavy atom. The molecule has 0 saturated heterocycles. The molecule has 0 fully saturated rings. The maximum atomic E-state index is 10.4. The molecule has 88 valence electrons. The van der Waals surface area contributed by atoms with Crippen molar-refractivity contribution in [2.75, 3.05) is 18.9 Å². The Labute approximate surface area is 94.2 Å². The third-order valence-corrected chi connectivity index (χ3v) is 2.04. The van der Waals surface area contributed by atoms with Crippen LogP contribution >= 0.6 is 0 Å². The van der Waals surface area contributed by atoms with Crippen LogP contribution in [-0.2, 0) is 0 Å². The van der Waals surface area contributed by atoms with Crippen LogP contribution in [0.1, 0.15) is 13.8 Å². The fourth-order valence-electron chi connectivity index (χ4n) is 1.40. The molecule has 0 unspecified atom stereocenters. The van der Waals surface area contributed by atoms with Crippen molar-refractivity contribution in [3.63, 3.8) is 0 Å². The van der Waals surface area contributed by atoms with Gasteiger partial charge in [0.15, 0.2) is 0 Å². The molecular formula is C10H16N4O2. The molecule has 0 saturated carbocycles. The van der Waals surface area contributed by atoms with Gasteiger partial charge in [-0.15, -0.1) is 0 Å². The normalized spacial score (nSPS) is 11.2. The molecule has 0 aliphatic rings. The summed E-state index contributed by atoms with van der Waals surface area (Å²) < 4.78 is 0. The van der Waals surface area contributed by atoms with E-state index in [0.29, 0.717) is 5.82 Å². The highest BCUT2D eigenvalue weighted by Crippen LogP contribution is 2.15. The van der Waals surface area contributed by atoms with Crippen LogP contribution in [0.25, 0.3) is 0 Å². The SMILES string of the molecule is CNCC(C)(C)Nc1ccc([N+](=O)[O-])cn1. The first kappa shape index (κ1) is 12.4. The summed E-state index contributed by atoms with van der Waals surface area (Å²) in [6.45, 7) is 4.81. The highest BCUT2D eigenvalue weighted by atomic mass is 16.6. The van der Waals surface area contributed by atoms with E-state index in [-0.39, 0.29) is 11.2 Å². The van der Waals surface area contributed by atoms with E-state index in [1.165, 1.54) is 12.3 Å². The summed E-state index contributed by atoms with van der Waals surface area (Å²) in [4.78, 5) is 14.0. The van der Waals surface area contributed by atoms with Gasteiger partial charge in [-0.1, -0.05) is 0 Å². The first-order chi connectivity index (χ1) is 7.44. The number of anilines is 1. The second-order valence-electron chi connectivity index (χ2n) is 4.20. The van der Waals surface area contributed by atoms with E-state index in [1.807, 2.05) is 20.9 Å². The fourth-order valence-corrected chi connectivity index (χ4v) is 1.40. The second-order valence-corrected chi connectivity index (χ2v) is 4.20. The Hall–Kier alpha value is -1.69. The smallest absolute Gasteiger partial charge is 0.287 e. The Balaban J connectivity index is 2.72. The minimum absolute atomic E-state index is 0.00280. The fraction of sp³-hybridized carbons (Fsp3) is 0.500. The Kier molecular flexibility index (Phi) is 3.78. The topological polar surface area (TPSA) is 80.1 Å². The van der Waals surface area contributed by atoms with Crippen molar-refractivity contribution < 1.29 is 4.92 Å². The van der Waals surface area contributed by atoms with Gasteiger partial charge < -0.3 is 10.6 Å². The summed E-state index contributed by atoms with van der Waals surface area (Å²) in [6.07, 6.45) is 1.25. The highest BCUT2D eigenvalue weighted by molar-refractivity contribution is 5.42. The highest BCUT2D eigenvalue weighted by Gasteiger charge is 2.17. The van der Waals surface area contributed by atoms with Gasteiger partial charge in [-0.2, -0.15) is 0 Å². The van der Waals surface area contributed by atoms with E-state index in [1.54, 1.807) is 6.07 Å². The van der Waals surface area contributed by atoms with Crippen LogP contribution in [0, 0.1) is 10.1 Å². The van der Waals surface area contributed by atoms with Crippen LogP contribution in [0.4, 0.5) is 11.5 Å². The van der Waals surface area contributed by atoms with Gasteiger partial charge in [0.05, 0.1) is 4.92 Å². The van der Waals surface area contributed by atoms with Crippen molar-refractivity contribution in [2.45, 2.75) is 19.4 Å². The first-order valence-corrected chi connectivity index (χ1v) is 4.98. The molecular weight excluding hydrogens is 208 g/mol. The van der Waals surface area contributed by atoms with Crippen LogP contribution in [0.5, 0.6) is 0 Å². The van der Waals surface area contributed by atoms with Crippen molar-refractivity contribution >= 4 is 11.5 Å². The predicted octanol–water partition coefficient (Wildman–Crippen LogP) is 1.40. The molecule has 0 atom stereocenters. The molecule has 16 heavy (non-hydrogen) atoms. The molecule has 2 N–H and O–H groups in total. The molecule has 1 aromatic rings. The Bertz CT molecular complexity index is 362. The molecule has 1 aromatic heterocycles. The molecule has 0 radical (unpaired) electrons. The molecule has 0 amide bonds. The molecule has 6 heteroatoms. The van der Waals surface area contributed by atoms with Crippen molar-refractivity contribution in [1.29, 1.82) is 0 Å². The van der Waals surface area contributed by atoms with Gasteiger partial charge in [-0.05, 0) is 27.0 Å². The lowest BCUT2D eigenvalue weighted by Gasteiger charge is -2.26. The predicted molar refractivity (Wildman–Crippen MR) is 62.5 cm³/mol. The van der Waals surface area contributed by atoms with E-state index in [9.17, 15) is 10.1 Å². The molecule has 6 nitrogen and oxygen atoms in total. The van der Waals surface area contributed by atoms with Gasteiger partial charge >= 0.3 is 0 Å². The summed E-state index contributed by atoms with van der Waals surface area (Å²) in [7, 11) is 1.87. The van der Waals surface area contributed by atoms with Gasteiger partial charge in [-0.25, -0.2) is 4.98 Å². The number of aromatic nitrogens is 1. The molecule has 0 bridgehead atoms. The summed E-state index contributed by atoms with van der Waals surface area (Å²) >= 11 is 0. The van der Waals surface area contributed by atoms with Gasteiger partial charge in [-0.3, -0.25) is 10.1 Å². The largest absolute Gasteiger partial charge is 0.364 e. The average molecular weight is 224 g/mol. The molecule has 0 aliphatic heterocycles. The zero-order valence-electron chi connectivity index (χ0n) is 9.65. The maximum absolute atomic E-state index is 10.4. The van der Waals surface area contributed by atoms with Crippen molar-refractivity contribution in [2.24, 2.45) is 0 Å². The van der Waals surface area contributed by atoms with Gasteiger partial charge in [0.25, 0.3) is 5.69 Å². The number of hydrogen-bond acceptors (Lipinski definition) is 5. The third kappa shape index (κ3) is 3.47. The average Bonchev–Trinajstić information content (AvgIpc) is 2.17. The molecule has 0 spiro atoms. The van der Waals surface area contributed by atoms with E-state index in [0.717, 1.165) is 6.54 Å². The summed E-state index contributed by atoms with van der Waals surface area (Å²) in [5.41, 5.74) is -0.158. The minimum atomic E-state index is -0.463. The maximum Gasteiger partial charge on any atom is 0.287 e. The number of nitrogens with one attached hydrogen (secondary N) is 2. The number of hydrogen-bond donors (Lipinski definition) is 2. The van der Waals surface area contributed by atoms with Crippen molar-refractivity contribution in [3.8, 4) is 0 Å². The standard InChI is InChI=1S/C10H16N4O2/c1-10(2,7-11-3)13-9-5-4-8(6-12-9)14(15)16/h4-6,11H,7H2,1-3H3,(H,12,13). The van der Waals surface area contributed by atoms with E-state index < -0.39 is 4.92 Å².